The van der Waals surface area contributed by atoms with Crippen molar-refractivity contribution in [1.29, 1.82) is 0 Å². The van der Waals surface area contributed by atoms with Gasteiger partial charge in [0, 0.05) is 10.8 Å². The maximum absolute atomic E-state index is 8.80. The zero-order valence-electron chi connectivity index (χ0n) is 9.06. The van der Waals surface area contributed by atoms with Crippen LogP contribution in [0.25, 0.3) is 0 Å². The van der Waals surface area contributed by atoms with E-state index in [-0.39, 0.29) is 17.4 Å². The lowest BCUT2D eigenvalue weighted by molar-refractivity contribution is 0.230. The highest BCUT2D eigenvalue weighted by Crippen LogP contribution is 2.62. The summed E-state index contributed by atoms with van der Waals surface area (Å²) in [4.78, 5) is 0. The molecule has 2 aliphatic rings. The van der Waals surface area contributed by atoms with Gasteiger partial charge in [-0.15, -0.1) is 0 Å². The van der Waals surface area contributed by atoms with E-state index in [0.717, 1.165) is 6.42 Å². The molecule has 0 aromatic heterocycles. The summed E-state index contributed by atoms with van der Waals surface area (Å²) in [5.41, 5.74) is 1.94. The summed E-state index contributed by atoms with van der Waals surface area (Å²) in [7, 11) is 0. The van der Waals surface area contributed by atoms with Crippen molar-refractivity contribution in [3.63, 3.8) is 0 Å². The topological polar surface area (TPSA) is 20.2 Å². The lowest BCUT2D eigenvalue weighted by Crippen LogP contribution is -2.30. The van der Waals surface area contributed by atoms with Gasteiger partial charge in [-0.25, -0.2) is 0 Å². The molecule has 0 amide bonds. The highest BCUT2D eigenvalue weighted by molar-refractivity contribution is 5.35. The van der Waals surface area contributed by atoms with Crippen LogP contribution in [0.4, 0.5) is 0 Å². The molecule has 0 bridgehead atoms. The molecule has 1 nitrogen and oxygen atoms in total. The Balaban J connectivity index is 2.37. The SMILES string of the molecule is CC1=CC[C@]2(C#CCO)CCC[C@]12C. The van der Waals surface area contributed by atoms with Crippen molar-refractivity contribution in [3.8, 4) is 11.8 Å². The van der Waals surface area contributed by atoms with Gasteiger partial charge in [0.15, 0.2) is 0 Å². The second-order valence-corrected chi connectivity index (χ2v) is 4.82. The number of hydrogen-bond acceptors (Lipinski definition) is 1. The van der Waals surface area contributed by atoms with Crippen molar-refractivity contribution in [2.75, 3.05) is 6.61 Å². The molecule has 14 heavy (non-hydrogen) atoms. The zero-order chi connectivity index (χ0) is 10.2. The minimum Gasteiger partial charge on any atom is -0.384 e. The Labute approximate surface area is 86.2 Å². The van der Waals surface area contributed by atoms with Gasteiger partial charge in [0.25, 0.3) is 0 Å². The fourth-order valence-electron chi connectivity index (χ4n) is 3.17. The lowest BCUT2D eigenvalue weighted by Gasteiger charge is -2.35. The van der Waals surface area contributed by atoms with Crippen molar-refractivity contribution in [1.82, 2.24) is 0 Å². The quantitative estimate of drug-likeness (QED) is 0.459. The van der Waals surface area contributed by atoms with E-state index >= 15 is 0 Å². The third-order valence-electron chi connectivity index (χ3n) is 4.37. The number of aliphatic hydroxyl groups excluding tert-OH is 1. The van der Waals surface area contributed by atoms with Crippen molar-refractivity contribution in [2.45, 2.75) is 39.5 Å². The third kappa shape index (κ3) is 1.07. The maximum Gasteiger partial charge on any atom is 0.104 e. The molecule has 0 spiro atoms. The van der Waals surface area contributed by atoms with Crippen LogP contribution in [-0.2, 0) is 0 Å². The molecule has 1 N–H and O–H groups in total. The van der Waals surface area contributed by atoms with E-state index in [4.69, 9.17) is 5.11 Å². The van der Waals surface area contributed by atoms with Crippen molar-refractivity contribution in [2.24, 2.45) is 10.8 Å². The Hall–Kier alpha value is -0.740. The van der Waals surface area contributed by atoms with E-state index in [0.29, 0.717) is 0 Å². The maximum atomic E-state index is 8.80. The first-order chi connectivity index (χ1) is 6.65. The van der Waals surface area contributed by atoms with Gasteiger partial charge in [0.2, 0.25) is 0 Å². The molecule has 0 aliphatic heterocycles. The highest BCUT2D eigenvalue weighted by atomic mass is 16.2. The number of fused-ring (bicyclic) bond motifs is 1. The molecule has 0 radical (unpaired) electrons. The minimum absolute atomic E-state index is 0.00310. The summed E-state index contributed by atoms with van der Waals surface area (Å²) < 4.78 is 0. The molecule has 76 valence electrons. The van der Waals surface area contributed by atoms with Crippen molar-refractivity contribution in [3.05, 3.63) is 11.6 Å². The van der Waals surface area contributed by atoms with E-state index in [1.807, 2.05) is 0 Å². The first kappa shape index (κ1) is 9.80. The average molecular weight is 190 g/mol. The summed E-state index contributed by atoms with van der Waals surface area (Å²) in [5.74, 6) is 6.20. The highest BCUT2D eigenvalue weighted by Gasteiger charge is 2.54. The Kier molecular flexibility index (Phi) is 2.20. The first-order valence-corrected chi connectivity index (χ1v) is 5.43. The predicted octanol–water partition coefficient (Wildman–Crippen LogP) is 2.51. The second-order valence-electron chi connectivity index (χ2n) is 4.82. The fourth-order valence-corrected chi connectivity index (χ4v) is 3.17. The van der Waals surface area contributed by atoms with E-state index in [1.54, 1.807) is 0 Å². The molecule has 0 unspecified atom stereocenters. The van der Waals surface area contributed by atoms with Crippen LogP contribution < -0.4 is 0 Å². The van der Waals surface area contributed by atoms with E-state index < -0.39 is 0 Å². The van der Waals surface area contributed by atoms with Gasteiger partial charge in [0.05, 0.1) is 0 Å². The van der Waals surface area contributed by atoms with Gasteiger partial charge in [-0.2, -0.15) is 0 Å². The fraction of sp³-hybridized carbons (Fsp3) is 0.692. The lowest BCUT2D eigenvalue weighted by atomic mass is 9.67. The normalized spacial score (nSPS) is 40.1. The molecule has 2 aliphatic carbocycles. The Bertz CT molecular complexity index is 331. The number of rotatable bonds is 0. The molecule has 2 atom stereocenters. The molecule has 1 saturated carbocycles. The number of allylic oxidation sites excluding steroid dienone is 2. The van der Waals surface area contributed by atoms with Crippen LogP contribution in [0, 0.1) is 22.7 Å². The first-order valence-electron chi connectivity index (χ1n) is 5.43. The summed E-state index contributed by atoms with van der Waals surface area (Å²) in [6.45, 7) is 4.56. The van der Waals surface area contributed by atoms with E-state index in [1.165, 1.54) is 24.8 Å². The van der Waals surface area contributed by atoms with Gasteiger partial charge >= 0.3 is 0 Å². The molecule has 1 heteroatoms. The molecule has 0 aromatic rings. The Morgan fingerprint density at radius 2 is 2.29 bits per heavy atom. The summed E-state index contributed by atoms with van der Waals surface area (Å²) >= 11 is 0. The molecule has 0 saturated heterocycles. The van der Waals surface area contributed by atoms with Crippen molar-refractivity contribution >= 4 is 0 Å². The molecule has 1 fully saturated rings. The summed E-state index contributed by atoms with van der Waals surface area (Å²) in [6.07, 6.45) is 7.16. The average Bonchev–Trinajstić information content (AvgIpc) is 2.61. The van der Waals surface area contributed by atoms with Crippen LogP contribution in [0.1, 0.15) is 39.5 Å². The van der Waals surface area contributed by atoms with Gasteiger partial charge < -0.3 is 5.11 Å². The number of aliphatic hydroxyl groups is 1. The van der Waals surface area contributed by atoms with Crippen LogP contribution in [0.5, 0.6) is 0 Å². The van der Waals surface area contributed by atoms with Gasteiger partial charge in [0.1, 0.15) is 6.61 Å². The van der Waals surface area contributed by atoms with Gasteiger partial charge in [-0.3, -0.25) is 0 Å². The zero-order valence-corrected chi connectivity index (χ0v) is 9.06. The monoisotopic (exact) mass is 190 g/mol. The molecule has 0 heterocycles. The molecule has 0 aromatic carbocycles. The predicted molar refractivity (Wildman–Crippen MR) is 57.6 cm³/mol. The second kappa shape index (κ2) is 3.14. The largest absolute Gasteiger partial charge is 0.384 e. The third-order valence-corrected chi connectivity index (χ3v) is 4.37. The van der Waals surface area contributed by atoms with Crippen LogP contribution in [0.15, 0.2) is 11.6 Å². The summed E-state index contributed by atoms with van der Waals surface area (Å²) in [5, 5.41) is 8.80. The molecular formula is C13H18O. The smallest absolute Gasteiger partial charge is 0.104 e. The van der Waals surface area contributed by atoms with Crippen LogP contribution in [0.3, 0.4) is 0 Å². The molecule has 2 rings (SSSR count). The van der Waals surface area contributed by atoms with Crippen LogP contribution >= 0.6 is 0 Å². The summed E-state index contributed by atoms with van der Waals surface area (Å²) in [6, 6.07) is 0. The molecular weight excluding hydrogens is 172 g/mol. The van der Waals surface area contributed by atoms with Crippen LogP contribution in [0.2, 0.25) is 0 Å². The standard InChI is InChI=1S/C13H18O/c1-11-5-9-13(8-4-10-14)7-3-6-12(11,13)2/h5,14H,3,6-7,9-10H2,1-2H3/t12-,13-/m1/s1. The Morgan fingerprint density at radius 3 is 3.00 bits per heavy atom. The van der Waals surface area contributed by atoms with Crippen molar-refractivity contribution < 1.29 is 5.11 Å². The van der Waals surface area contributed by atoms with E-state index in [9.17, 15) is 0 Å². The van der Waals surface area contributed by atoms with Gasteiger partial charge in [-0.1, -0.05) is 36.8 Å². The van der Waals surface area contributed by atoms with Crippen LogP contribution in [-0.4, -0.2) is 11.7 Å². The number of hydrogen-bond donors (Lipinski definition) is 1. The Morgan fingerprint density at radius 1 is 1.50 bits per heavy atom. The van der Waals surface area contributed by atoms with Gasteiger partial charge in [-0.05, 0) is 26.2 Å². The minimum atomic E-state index is -0.00310. The van der Waals surface area contributed by atoms with E-state index in [2.05, 4.69) is 31.8 Å².